The maximum atomic E-state index is 14.7. The average molecular weight is 448 g/mol. The first kappa shape index (κ1) is 23.2. The Morgan fingerprint density at radius 2 is 1.41 bits per heavy atom. The average Bonchev–Trinajstić information content (AvgIpc) is 2.83. The highest BCUT2D eigenvalue weighted by Gasteiger charge is 2.11. The lowest BCUT2D eigenvalue weighted by Gasteiger charge is -2.05. The molecule has 3 rings (SSSR count). The molecule has 0 amide bonds. The fraction of sp³-hybridized carbons (Fsp3) is 0.148. The number of rotatable bonds is 6. The Hall–Kier alpha value is -3.45. The summed E-state index contributed by atoms with van der Waals surface area (Å²) in [6, 6.07) is 17.3. The standard InChI is InChI=1S/C27H20F3NS/c1-2-3-4-19-7-12-22(13-8-19)26(29)27(30)23-14-9-20(10-15-23)5-6-21-11-16-25(31-18-32)24(28)17-21/h7-17H,2-4H2,1H3. The summed E-state index contributed by atoms with van der Waals surface area (Å²) < 4.78 is 43.1. The van der Waals surface area contributed by atoms with Crippen molar-refractivity contribution in [2.45, 2.75) is 26.2 Å². The Labute approximate surface area is 191 Å². The van der Waals surface area contributed by atoms with E-state index in [0.717, 1.165) is 24.8 Å². The summed E-state index contributed by atoms with van der Waals surface area (Å²) in [5.74, 6) is 3.32. The van der Waals surface area contributed by atoms with Gasteiger partial charge in [-0.3, -0.25) is 0 Å². The molecule has 0 saturated carbocycles. The lowest BCUT2D eigenvalue weighted by molar-refractivity contribution is 0.629. The van der Waals surface area contributed by atoms with Crippen LogP contribution in [-0.4, -0.2) is 5.16 Å². The molecule has 1 nitrogen and oxygen atoms in total. The van der Waals surface area contributed by atoms with Crippen molar-refractivity contribution in [1.82, 2.24) is 0 Å². The number of nitrogens with zero attached hydrogens (tertiary/aromatic N) is 1. The molecule has 0 bridgehead atoms. The molecule has 0 radical (unpaired) electrons. The SMILES string of the molecule is CCCCc1ccc(C(F)=C(F)c2ccc(C#Cc3ccc(N=C=S)c(F)c3)cc2)cc1. The Morgan fingerprint density at radius 3 is 1.97 bits per heavy atom. The van der Waals surface area contributed by atoms with E-state index in [1.54, 1.807) is 30.3 Å². The number of hydrogen-bond acceptors (Lipinski definition) is 2. The highest BCUT2D eigenvalue weighted by Crippen LogP contribution is 2.29. The second-order valence-electron chi connectivity index (χ2n) is 7.13. The molecule has 0 unspecified atom stereocenters. The fourth-order valence-electron chi connectivity index (χ4n) is 3.02. The van der Waals surface area contributed by atoms with Crippen LogP contribution in [0.15, 0.2) is 71.7 Å². The highest BCUT2D eigenvalue weighted by atomic mass is 32.1. The van der Waals surface area contributed by atoms with Crippen LogP contribution in [0.3, 0.4) is 0 Å². The third-order valence-electron chi connectivity index (χ3n) is 4.82. The summed E-state index contributed by atoms with van der Waals surface area (Å²) in [5.41, 5.74) is 2.56. The Morgan fingerprint density at radius 1 is 0.844 bits per heavy atom. The Bertz CT molecular complexity index is 1230. The number of benzene rings is 3. The van der Waals surface area contributed by atoms with E-state index in [9.17, 15) is 13.2 Å². The zero-order valence-corrected chi connectivity index (χ0v) is 18.3. The third-order valence-corrected chi connectivity index (χ3v) is 4.91. The summed E-state index contributed by atoms with van der Waals surface area (Å²) >= 11 is 4.47. The molecule has 5 heteroatoms. The van der Waals surface area contributed by atoms with Gasteiger partial charge < -0.3 is 0 Å². The van der Waals surface area contributed by atoms with Crippen LogP contribution >= 0.6 is 12.2 Å². The molecular weight excluding hydrogens is 427 g/mol. The van der Waals surface area contributed by atoms with Crippen LogP contribution < -0.4 is 0 Å². The van der Waals surface area contributed by atoms with Crippen molar-refractivity contribution in [3.05, 3.63) is 100 Å². The molecule has 0 aliphatic carbocycles. The van der Waals surface area contributed by atoms with Crippen molar-refractivity contribution in [3.63, 3.8) is 0 Å². The van der Waals surface area contributed by atoms with Crippen molar-refractivity contribution in [2.75, 3.05) is 0 Å². The van der Waals surface area contributed by atoms with Crippen molar-refractivity contribution in [2.24, 2.45) is 4.99 Å². The smallest absolute Gasteiger partial charge is 0.166 e. The topological polar surface area (TPSA) is 12.4 Å². The highest BCUT2D eigenvalue weighted by molar-refractivity contribution is 7.78. The normalized spacial score (nSPS) is 11.1. The number of unbranched alkanes of at least 4 members (excludes halogenated alkanes) is 1. The first-order valence-electron chi connectivity index (χ1n) is 10.2. The number of isothiocyanates is 1. The second kappa shape index (κ2) is 11.2. The molecule has 0 aliphatic rings. The van der Waals surface area contributed by atoms with E-state index in [1.807, 2.05) is 12.1 Å². The number of aryl methyl sites for hydroxylation is 1. The van der Waals surface area contributed by atoms with Crippen LogP contribution in [0.2, 0.25) is 0 Å². The minimum Gasteiger partial charge on any atom is -0.205 e. The van der Waals surface area contributed by atoms with Gasteiger partial charge >= 0.3 is 0 Å². The predicted octanol–water partition coefficient (Wildman–Crippen LogP) is 8.07. The molecule has 3 aromatic carbocycles. The van der Waals surface area contributed by atoms with Crippen LogP contribution in [0, 0.1) is 17.7 Å². The summed E-state index contributed by atoms with van der Waals surface area (Å²) in [5, 5.41) is 2.12. The molecule has 3 aromatic rings. The molecule has 0 saturated heterocycles. The van der Waals surface area contributed by atoms with Gasteiger partial charge in [0.05, 0.1) is 5.16 Å². The van der Waals surface area contributed by atoms with Gasteiger partial charge in [0.25, 0.3) is 0 Å². The number of thiocarbonyl (C=S) groups is 1. The Kier molecular flexibility index (Phi) is 8.16. The van der Waals surface area contributed by atoms with E-state index in [2.05, 4.69) is 41.1 Å². The van der Waals surface area contributed by atoms with Gasteiger partial charge in [-0.25, -0.2) is 13.2 Å². The van der Waals surface area contributed by atoms with Crippen molar-refractivity contribution >= 4 is 34.7 Å². The number of aliphatic imine (C=N–C) groups is 1. The second-order valence-corrected chi connectivity index (χ2v) is 7.31. The van der Waals surface area contributed by atoms with Crippen molar-refractivity contribution in [1.29, 1.82) is 0 Å². The van der Waals surface area contributed by atoms with Crippen LogP contribution in [0.5, 0.6) is 0 Å². The molecule has 32 heavy (non-hydrogen) atoms. The molecule has 160 valence electrons. The van der Waals surface area contributed by atoms with E-state index in [-0.39, 0.29) is 16.8 Å². The zero-order valence-electron chi connectivity index (χ0n) is 17.5. The summed E-state index contributed by atoms with van der Waals surface area (Å²) in [6.45, 7) is 2.11. The zero-order chi connectivity index (χ0) is 22.9. The largest absolute Gasteiger partial charge is 0.205 e. The van der Waals surface area contributed by atoms with Gasteiger partial charge in [0.2, 0.25) is 0 Å². The molecule has 0 spiro atoms. The van der Waals surface area contributed by atoms with Gasteiger partial charge in [0, 0.05) is 22.3 Å². The third kappa shape index (κ3) is 6.04. The van der Waals surface area contributed by atoms with E-state index >= 15 is 0 Å². The lowest BCUT2D eigenvalue weighted by Crippen LogP contribution is -1.88. The Balaban J connectivity index is 1.76. The van der Waals surface area contributed by atoms with E-state index in [4.69, 9.17) is 0 Å². The molecule has 0 N–H and O–H groups in total. The number of halogens is 3. The summed E-state index contributed by atoms with van der Waals surface area (Å²) in [7, 11) is 0. The lowest BCUT2D eigenvalue weighted by atomic mass is 10.0. The summed E-state index contributed by atoms with van der Waals surface area (Å²) in [4.78, 5) is 3.61. The quantitative estimate of drug-likeness (QED) is 0.161. The summed E-state index contributed by atoms with van der Waals surface area (Å²) in [6.07, 6.45) is 3.06. The first-order chi connectivity index (χ1) is 15.5. The van der Waals surface area contributed by atoms with Gasteiger partial charge in [-0.2, -0.15) is 4.99 Å². The van der Waals surface area contributed by atoms with E-state index in [1.165, 1.54) is 24.3 Å². The van der Waals surface area contributed by atoms with Gasteiger partial charge in [0.15, 0.2) is 17.5 Å². The van der Waals surface area contributed by atoms with Crippen LogP contribution in [0.25, 0.3) is 11.7 Å². The molecule has 0 fully saturated rings. The fourth-order valence-corrected chi connectivity index (χ4v) is 3.12. The maximum Gasteiger partial charge on any atom is 0.166 e. The first-order valence-corrected chi connectivity index (χ1v) is 10.6. The molecule has 0 heterocycles. The molecule has 0 atom stereocenters. The number of hydrogen-bond donors (Lipinski definition) is 0. The van der Waals surface area contributed by atoms with Crippen LogP contribution in [0.4, 0.5) is 18.9 Å². The van der Waals surface area contributed by atoms with Crippen molar-refractivity contribution in [3.8, 4) is 11.8 Å². The minimum absolute atomic E-state index is 0.0924. The monoisotopic (exact) mass is 447 g/mol. The van der Waals surface area contributed by atoms with Gasteiger partial charge in [-0.1, -0.05) is 61.6 Å². The van der Waals surface area contributed by atoms with Gasteiger partial charge in [-0.15, -0.1) is 0 Å². The molecular formula is C27H20F3NS. The van der Waals surface area contributed by atoms with Crippen LogP contribution in [-0.2, 0) is 6.42 Å². The van der Waals surface area contributed by atoms with Crippen molar-refractivity contribution < 1.29 is 13.2 Å². The maximum absolute atomic E-state index is 14.7. The predicted molar refractivity (Wildman–Crippen MR) is 128 cm³/mol. The van der Waals surface area contributed by atoms with Gasteiger partial charge in [-0.05, 0) is 61.0 Å². The van der Waals surface area contributed by atoms with E-state index in [0.29, 0.717) is 11.1 Å². The van der Waals surface area contributed by atoms with Gasteiger partial charge in [0.1, 0.15) is 5.69 Å². The van der Waals surface area contributed by atoms with E-state index < -0.39 is 17.5 Å². The molecule has 0 aliphatic heterocycles. The van der Waals surface area contributed by atoms with Crippen LogP contribution in [0.1, 0.15) is 47.6 Å². The molecule has 0 aromatic heterocycles. The minimum atomic E-state index is -0.928.